The molecule has 2 N–H and O–H groups in total. The summed E-state index contributed by atoms with van der Waals surface area (Å²) in [6.07, 6.45) is 6.33. The third-order valence-corrected chi connectivity index (χ3v) is 6.01. The first-order valence-corrected chi connectivity index (χ1v) is 10.3. The zero-order valence-electron chi connectivity index (χ0n) is 15.9. The van der Waals surface area contributed by atoms with Crippen molar-refractivity contribution < 1.29 is 9.59 Å². The molecule has 1 saturated carbocycles. The molecule has 27 heavy (non-hydrogen) atoms. The van der Waals surface area contributed by atoms with Gasteiger partial charge in [-0.15, -0.1) is 10.2 Å². The van der Waals surface area contributed by atoms with E-state index in [0.29, 0.717) is 11.0 Å². The van der Waals surface area contributed by atoms with Crippen LogP contribution in [0.4, 0.5) is 10.8 Å². The standard InChI is InChI=1S/C20H26N4O2S/c1-13-8-9-16(12-14(13)2)21-17(25)10-11-18(26)22-20-24-23-19(27-20)15-6-4-3-5-7-15/h8-9,12,15H,3-7,10-11H2,1-2H3,(H,21,25)(H,22,24,26). The second-order valence-electron chi connectivity index (χ2n) is 7.18. The van der Waals surface area contributed by atoms with Crippen molar-refractivity contribution in [2.45, 2.75) is 64.7 Å². The number of anilines is 2. The van der Waals surface area contributed by atoms with Crippen molar-refractivity contribution in [1.29, 1.82) is 0 Å². The van der Waals surface area contributed by atoms with Crippen LogP contribution in [0, 0.1) is 13.8 Å². The molecule has 0 aliphatic heterocycles. The summed E-state index contributed by atoms with van der Waals surface area (Å²) in [6, 6.07) is 5.77. The summed E-state index contributed by atoms with van der Waals surface area (Å²) in [4.78, 5) is 24.2. The number of nitrogens with zero attached hydrogens (tertiary/aromatic N) is 2. The van der Waals surface area contributed by atoms with Crippen LogP contribution >= 0.6 is 11.3 Å². The minimum atomic E-state index is -0.211. The molecule has 0 unspecified atom stereocenters. The molecule has 0 bridgehead atoms. The average Bonchev–Trinajstić information content (AvgIpc) is 3.12. The van der Waals surface area contributed by atoms with Crippen LogP contribution in [0.15, 0.2) is 18.2 Å². The zero-order chi connectivity index (χ0) is 19.2. The Morgan fingerprint density at radius 1 is 1.00 bits per heavy atom. The minimum absolute atomic E-state index is 0.120. The van der Waals surface area contributed by atoms with Crippen molar-refractivity contribution in [3.05, 3.63) is 34.3 Å². The molecule has 144 valence electrons. The second-order valence-corrected chi connectivity index (χ2v) is 8.18. The Morgan fingerprint density at radius 2 is 1.70 bits per heavy atom. The molecule has 0 saturated heterocycles. The molecular weight excluding hydrogens is 360 g/mol. The van der Waals surface area contributed by atoms with Gasteiger partial charge < -0.3 is 10.6 Å². The van der Waals surface area contributed by atoms with Crippen molar-refractivity contribution in [1.82, 2.24) is 10.2 Å². The number of hydrogen-bond acceptors (Lipinski definition) is 5. The van der Waals surface area contributed by atoms with E-state index in [-0.39, 0.29) is 24.7 Å². The molecule has 3 rings (SSSR count). The smallest absolute Gasteiger partial charge is 0.226 e. The van der Waals surface area contributed by atoms with Crippen molar-refractivity contribution in [3.8, 4) is 0 Å². The summed E-state index contributed by atoms with van der Waals surface area (Å²) in [5, 5.41) is 15.4. The molecule has 7 heteroatoms. The molecule has 0 atom stereocenters. The first-order valence-electron chi connectivity index (χ1n) is 9.51. The summed E-state index contributed by atoms with van der Waals surface area (Å²) in [6.45, 7) is 4.03. The highest BCUT2D eigenvalue weighted by Gasteiger charge is 2.20. The molecule has 1 fully saturated rings. The topological polar surface area (TPSA) is 84.0 Å². The van der Waals surface area contributed by atoms with Crippen LogP contribution in [0.2, 0.25) is 0 Å². The number of hydrogen-bond donors (Lipinski definition) is 2. The van der Waals surface area contributed by atoms with E-state index in [9.17, 15) is 9.59 Å². The maximum Gasteiger partial charge on any atom is 0.226 e. The van der Waals surface area contributed by atoms with Gasteiger partial charge in [-0.05, 0) is 49.9 Å². The Morgan fingerprint density at radius 3 is 2.41 bits per heavy atom. The van der Waals surface area contributed by atoms with Gasteiger partial charge in [0.05, 0.1) is 0 Å². The van der Waals surface area contributed by atoms with Gasteiger partial charge in [-0.2, -0.15) is 0 Å². The Labute approximate surface area is 163 Å². The highest BCUT2D eigenvalue weighted by molar-refractivity contribution is 7.15. The van der Waals surface area contributed by atoms with Gasteiger partial charge in [0.2, 0.25) is 16.9 Å². The second kappa shape index (κ2) is 9.08. The molecule has 0 radical (unpaired) electrons. The third-order valence-electron chi connectivity index (χ3n) is 5.01. The molecule has 6 nitrogen and oxygen atoms in total. The molecule has 1 aromatic carbocycles. The largest absolute Gasteiger partial charge is 0.326 e. The highest BCUT2D eigenvalue weighted by Crippen LogP contribution is 2.35. The number of aryl methyl sites for hydroxylation is 2. The van der Waals surface area contributed by atoms with Gasteiger partial charge in [0.25, 0.3) is 0 Å². The first-order chi connectivity index (χ1) is 13.0. The summed E-state index contributed by atoms with van der Waals surface area (Å²) < 4.78 is 0. The fraction of sp³-hybridized carbons (Fsp3) is 0.500. The first kappa shape index (κ1) is 19.5. The molecule has 2 aromatic rings. The number of rotatable bonds is 6. The number of carbonyl (C=O) groups excluding carboxylic acids is 2. The Bertz CT molecular complexity index is 812. The summed E-state index contributed by atoms with van der Waals surface area (Å²) in [5.41, 5.74) is 3.05. The van der Waals surface area contributed by atoms with E-state index in [1.54, 1.807) is 0 Å². The van der Waals surface area contributed by atoms with E-state index in [2.05, 4.69) is 20.8 Å². The fourth-order valence-electron chi connectivity index (χ4n) is 3.25. The van der Waals surface area contributed by atoms with E-state index >= 15 is 0 Å². The van der Waals surface area contributed by atoms with Crippen LogP contribution in [0.3, 0.4) is 0 Å². The number of amides is 2. The number of carbonyl (C=O) groups is 2. The number of benzene rings is 1. The quantitative estimate of drug-likeness (QED) is 0.762. The van der Waals surface area contributed by atoms with Crippen molar-refractivity contribution in [2.24, 2.45) is 0 Å². The molecule has 1 heterocycles. The molecule has 2 amide bonds. The van der Waals surface area contributed by atoms with Crippen LogP contribution in [0.25, 0.3) is 0 Å². The third kappa shape index (κ3) is 5.60. The minimum Gasteiger partial charge on any atom is -0.326 e. The number of aromatic nitrogens is 2. The molecule has 1 aliphatic rings. The Kier molecular flexibility index (Phi) is 6.55. The van der Waals surface area contributed by atoms with Crippen LogP contribution in [0.5, 0.6) is 0 Å². The summed E-state index contributed by atoms with van der Waals surface area (Å²) >= 11 is 1.45. The van der Waals surface area contributed by atoms with Gasteiger partial charge >= 0.3 is 0 Å². The van der Waals surface area contributed by atoms with E-state index in [1.807, 2.05) is 32.0 Å². The van der Waals surface area contributed by atoms with Gasteiger partial charge in [-0.3, -0.25) is 9.59 Å². The maximum atomic E-state index is 12.1. The van der Waals surface area contributed by atoms with Crippen LogP contribution in [-0.2, 0) is 9.59 Å². The average molecular weight is 387 g/mol. The monoisotopic (exact) mass is 386 g/mol. The summed E-state index contributed by atoms with van der Waals surface area (Å²) in [7, 11) is 0. The lowest BCUT2D eigenvalue weighted by Gasteiger charge is -2.18. The SMILES string of the molecule is Cc1ccc(NC(=O)CCC(=O)Nc2nnc(C3CCCCC3)s2)cc1C. The highest BCUT2D eigenvalue weighted by atomic mass is 32.1. The van der Waals surface area contributed by atoms with E-state index in [0.717, 1.165) is 29.1 Å². The maximum absolute atomic E-state index is 12.1. The van der Waals surface area contributed by atoms with E-state index < -0.39 is 0 Å². The fourth-order valence-corrected chi connectivity index (χ4v) is 4.18. The lowest BCUT2D eigenvalue weighted by molar-refractivity contribution is -0.121. The van der Waals surface area contributed by atoms with Crippen molar-refractivity contribution in [3.63, 3.8) is 0 Å². The lowest BCUT2D eigenvalue weighted by Crippen LogP contribution is -2.17. The predicted octanol–water partition coefficient (Wildman–Crippen LogP) is 4.56. The lowest BCUT2D eigenvalue weighted by atomic mass is 9.90. The molecular formula is C20H26N4O2S. The normalized spacial score (nSPS) is 14.7. The van der Waals surface area contributed by atoms with Gasteiger partial charge in [-0.1, -0.05) is 36.7 Å². The van der Waals surface area contributed by atoms with Crippen LogP contribution < -0.4 is 10.6 Å². The Hall–Kier alpha value is -2.28. The van der Waals surface area contributed by atoms with Crippen LogP contribution in [0.1, 0.15) is 67.0 Å². The van der Waals surface area contributed by atoms with Crippen molar-refractivity contribution >= 4 is 34.0 Å². The van der Waals surface area contributed by atoms with Gasteiger partial charge in [-0.25, -0.2) is 0 Å². The van der Waals surface area contributed by atoms with Gasteiger partial charge in [0.1, 0.15) is 5.01 Å². The van der Waals surface area contributed by atoms with Crippen LogP contribution in [-0.4, -0.2) is 22.0 Å². The predicted molar refractivity (Wildman–Crippen MR) is 108 cm³/mol. The zero-order valence-corrected chi connectivity index (χ0v) is 16.7. The van der Waals surface area contributed by atoms with E-state index in [1.165, 1.54) is 36.2 Å². The molecule has 0 spiro atoms. The number of nitrogens with one attached hydrogen (secondary N) is 2. The molecule has 1 aliphatic carbocycles. The van der Waals surface area contributed by atoms with Gasteiger partial charge in [0.15, 0.2) is 0 Å². The van der Waals surface area contributed by atoms with Crippen molar-refractivity contribution in [2.75, 3.05) is 10.6 Å². The molecule has 1 aromatic heterocycles. The summed E-state index contributed by atoms with van der Waals surface area (Å²) in [5.74, 6) is 0.0933. The van der Waals surface area contributed by atoms with E-state index in [4.69, 9.17) is 0 Å². The Balaban J connectivity index is 1.44. The van der Waals surface area contributed by atoms with Gasteiger partial charge in [0, 0.05) is 24.4 Å².